The summed E-state index contributed by atoms with van der Waals surface area (Å²) in [5.74, 6) is 0. The smallest absolute Gasteiger partial charge is 0.159 e. The molecule has 0 radical (unpaired) electrons. The highest BCUT2D eigenvalue weighted by Gasteiger charge is 2.33. The number of hydrogen-bond acceptors (Lipinski definition) is 2. The van der Waals surface area contributed by atoms with Gasteiger partial charge in [0.1, 0.15) is 0 Å². The Morgan fingerprint density at radius 2 is 2.22 bits per heavy atom. The monoisotopic (exact) mass is 250 g/mol. The van der Waals surface area contributed by atoms with Gasteiger partial charge in [-0.2, -0.15) is 0 Å². The molecule has 1 heterocycles. The van der Waals surface area contributed by atoms with E-state index in [1.54, 1.807) is 0 Å². The average Bonchev–Trinajstić information content (AvgIpc) is 2.84. The molecule has 0 bridgehead atoms. The van der Waals surface area contributed by atoms with E-state index in [9.17, 15) is 0 Å². The Bertz CT molecular complexity index is 511. The zero-order valence-corrected chi connectivity index (χ0v) is 10.6. The number of aromatic amines is 1. The maximum Gasteiger partial charge on any atom is 0.159 e. The van der Waals surface area contributed by atoms with Crippen LogP contribution < -0.4 is 5.73 Å². The SMILES string of the molecule is COCC(F)(CCCN)c1cccc2[nH]ccc12. The minimum absolute atomic E-state index is 0.0529. The molecule has 2 aromatic rings. The second-order valence-corrected chi connectivity index (χ2v) is 4.54. The van der Waals surface area contributed by atoms with Crippen LogP contribution in [0.4, 0.5) is 4.39 Å². The van der Waals surface area contributed by atoms with Gasteiger partial charge in [0.15, 0.2) is 5.67 Å². The summed E-state index contributed by atoms with van der Waals surface area (Å²) in [6, 6.07) is 7.53. The molecule has 98 valence electrons. The van der Waals surface area contributed by atoms with Gasteiger partial charge < -0.3 is 15.5 Å². The minimum Gasteiger partial charge on any atom is -0.381 e. The number of nitrogens with one attached hydrogen (secondary N) is 1. The molecule has 1 atom stereocenters. The van der Waals surface area contributed by atoms with Crippen LogP contribution in [-0.4, -0.2) is 25.2 Å². The van der Waals surface area contributed by atoms with Gasteiger partial charge in [0.05, 0.1) is 6.61 Å². The van der Waals surface area contributed by atoms with Crippen LogP contribution in [0.3, 0.4) is 0 Å². The lowest BCUT2D eigenvalue weighted by molar-refractivity contribution is 0.0315. The second kappa shape index (κ2) is 5.50. The van der Waals surface area contributed by atoms with Crippen molar-refractivity contribution < 1.29 is 9.13 Å². The molecule has 4 heteroatoms. The maximum atomic E-state index is 15.1. The van der Waals surface area contributed by atoms with E-state index in [1.165, 1.54) is 7.11 Å². The quantitative estimate of drug-likeness (QED) is 0.828. The fourth-order valence-electron chi connectivity index (χ4n) is 2.37. The van der Waals surface area contributed by atoms with Crippen molar-refractivity contribution in [3.63, 3.8) is 0 Å². The molecule has 3 nitrogen and oxygen atoms in total. The molecule has 0 saturated carbocycles. The molecule has 0 saturated heterocycles. The molecule has 0 spiro atoms. The predicted molar refractivity (Wildman–Crippen MR) is 71.2 cm³/mol. The second-order valence-electron chi connectivity index (χ2n) is 4.54. The van der Waals surface area contributed by atoms with E-state index in [4.69, 9.17) is 10.5 Å². The first kappa shape index (κ1) is 13.1. The molecular weight excluding hydrogens is 231 g/mol. The van der Waals surface area contributed by atoms with Crippen LogP contribution in [0, 0.1) is 0 Å². The molecule has 1 unspecified atom stereocenters. The van der Waals surface area contributed by atoms with Crippen molar-refractivity contribution in [2.75, 3.05) is 20.3 Å². The number of ether oxygens (including phenoxy) is 1. The van der Waals surface area contributed by atoms with Crippen LogP contribution in [-0.2, 0) is 10.4 Å². The zero-order chi connectivity index (χ0) is 13.0. The number of benzene rings is 1. The molecule has 18 heavy (non-hydrogen) atoms. The van der Waals surface area contributed by atoms with Gasteiger partial charge in [-0.15, -0.1) is 0 Å². The van der Waals surface area contributed by atoms with Gasteiger partial charge >= 0.3 is 0 Å². The number of aromatic nitrogens is 1. The van der Waals surface area contributed by atoms with Crippen molar-refractivity contribution in [2.24, 2.45) is 5.73 Å². The Morgan fingerprint density at radius 1 is 1.39 bits per heavy atom. The van der Waals surface area contributed by atoms with E-state index in [-0.39, 0.29) is 6.61 Å². The van der Waals surface area contributed by atoms with Gasteiger partial charge in [0.2, 0.25) is 0 Å². The highest BCUT2D eigenvalue weighted by molar-refractivity contribution is 5.83. The predicted octanol–water partition coefficient (Wildman–Crippen LogP) is 2.72. The van der Waals surface area contributed by atoms with Crippen molar-refractivity contribution in [3.05, 3.63) is 36.0 Å². The molecule has 1 aromatic heterocycles. The van der Waals surface area contributed by atoms with Crippen LogP contribution in [0.25, 0.3) is 10.9 Å². The average molecular weight is 250 g/mol. The number of rotatable bonds is 6. The molecule has 0 amide bonds. The van der Waals surface area contributed by atoms with Gasteiger partial charge in [-0.25, -0.2) is 4.39 Å². The van der Waals surface area contributed by atoms with Gasteiger partial charge in [0.25, 0.3) is 0 Å². The van der Waals surface area contributed by atoms with Gasteiger partial charge in [-0.05, 0) is 31.5 Å². The van der Waals surface area contributed by atoms with E-state index in [1.807, 2.05) is 30.5 Å². The molecule has 0 aliphatic heterocycles. The van der Waals surface area contributed by atoms with E-state index in [0.717, 1.165) is 10.9 Å². The van der Waals surface area contributed by atoms with Gasteiger partial charge in [0, 0.05) is 29.8 Å². The summed E-state index contributed by atoms with van der Waals surface area (Å²) >= 11 is 0. The summed E-state index contributed by atoms with van der Waals surface area (Å²) in [5.41, 5.74) is 5.63. The van der Waals surface area contributed by atoms with E-state index < -0.39 is 5.67 Å². The molecule has 2 rings (SSSR count). The first-order chi connectivity index (χ1) is 8.71. The zero-order valence-electron chi connectivity index (χ0n) is 10.6. The number of fused-ring (bicyclic) bond motifs is 1. The van der Waals surface area contributed by atoms with Crippen molar-refractivity contribution >= 4 is 10.9 Å². The summed E-state index contributed by atoms with van der Waals surface area (Å²) in [5, 5.41) is 0.911. The van der Waals surface area contributed by atoms with Crippen LogP contribution >= 0.6 is 0 Å². The topological polar surface area (TPSA) is 51.0 Å². The highest BCUT2D eigenvalue weighted by atomic mass is 19.1. The lowest BCUT2D eigenvalue weighted by Crippen LogP contribution is -2.27. The fraction of sp³-hybridized carbons (Fsp3) is 0.429. The lowest BCUT2D eigenvalue weighted by Gasteiger charge is -2.25. The van der Waals surface area contributed by atoms with E-state index >= 15 is 4.39 Å². The number of H-pyrrole nitrogens is 1. The molecule has 1 aromatic carbocycles. The molecular formula is C14H19FN2O. The summed E-state index contributed by atoms with van der Waals surface area (Å²) in [7, 11) is 1.52. The third-order valence-corrected chi connectivity index (χ3v) is 3.23. The maximum absolute atomic E-state index is 15.1. The van der Waals surface area contributed by atoms with Crippen LogP contribution in [0.15, 0.2) is 30.5 Å². The summed E-state index contributed by atoms with van der Waals surface area (Å²) in [6.07, 6.45) is 2.84. The Hall–Kier alpha value is -1.39. The first-order valence-corrected chi connectivity index (χ1v) is 6.16. The Balaban J connectivity index is 2.43. The van der Waals surface area contributed by atoms with Gasteiger partial charge in [-0.3, -0.25) is 0 Å². The van der Waals surface area contributed by atoms with E-state index in [2.05, 4.69) is 4.98 Å². The minimum atomic E-state index is -1.48. The number of methoxy groups -OCH3 is 1. The number of alkyl halides is 1. The summed E-state index contributed by atoms with van der Waals surface area (Å²) in [6.45, 7) is 0.537. The fourth-order valence-corrected chi connectivity index (χ4v) is 2.37. The first-order valence-electron chi connectivity index (χ1n) is 6.16. The van der Waals surface area contributed by atoms with Crippen molar-refractivity contribution in [1.82, 2.24) is 4.98 Å². The standard InChI is InChI=1S/C14H19FN2O/c1-18-10-14(15,7-3-8-16)12-4-2-5-13-11(12)6-9-17-13/h2,4-6,9,17H,3,7-8,10,16H2,1H3. The molecule has 0 fully saturated rings. The lowest BCUT2D eigenvalue weighted by atomic mass is 9.89. The molecule has 0 aliphatic carbocycles. The third-order valence-electron chi connectivity index (χ3n) is 3.23. The summed E-state index contributed by atoms with van der Waals surface area (Å²) in [4.78, 5) is 3.10. The van der Waals surface area contributed by atoms with Crippen molar-refractivity contribution in [3.8, 4) is 0 Å². The molecule has 0 aliphatic rings. The Labute approximate surface area is 106 Å². The highest BCUT2D eigenvalue weighted by Crippen LogP contribution is 2.35. The Morgan fingerprint density at radius 3 is 2.94 bits per heavy atom. The number of hydrogen-bond donors (Lipinski definition) is 2. The Kier molecular flexibility index (Phi) is 3.99. The summed E-state index contributed by atoms with van der Waals surface area (Å²) < 4.78 is 20.2. The largest absolute Gasteiger partial charge is 0.381 e. The third kappa shape index (κ3) is 2.40. The number of halogens is 1. The van der Waals surface area contributed by atoms with Crippen LogP contribution in [0.2, 0.25) is 0 Å². The van der Waals surface area contributed by atoms with Crippen molar-refractivity contribution in [2.45, 2.75) is 18.5 Å². The molecule has 3 N–H and O–H groups in total. The van der Waals surface area contributed by atoms with E-state index in [0.29, 0.717) is 24.9 Å². The van der Waals surface area contributed by atoms with Gasteiger partial charge in [-0.1, -0.05) is 12.1 Å². The van der Waals surface area contributed by atoms with Crippen molar-refractivity contribution in [1.29, 1.82) is 0 Å². The van der Waals surface area contributed by atoms with Crippen LogP contribution in [0.1, 0.15) is 18.4 Å². The normalized spacial score (nSPS) is 14.8. The number of nitrogens with two attached hydrogens (primary N) is 1. The van der Waals surface area contributed by atoms with Crippen LogP contribution in [0.5, 0.6) is 0 Å².